The topological polar surface area (TPSA) is 111 Å². The molecule has 0 fully saturated rings. The first kappa shape index (κ1) is 21.8. The molecule has 1 atom stereocenters. The third kappa shape index (κ3) is 4.17. The molecule has 34 heavy (non-hydrogen) atoms. The first-order chi connectivity index (χ1) is 16.4. The minimum Gasteiger partial charge on any atom is -0.326 e. The molecule has 2 aromatic heterocycles. The molecule has 0 saturated carbocycles. The highest BCUT2D eigenvalue weighted by Crippen LogP contribution is 2.33. The maximum Gasteiger partial charge on any atom is 0.265 e. The van der Waals surface area contributed by atoms with Crippen molar-refractivity contribution in [2.24, 2.45) is 0 Å². The van der Waals surface area contributed by atoms with Crippen molar-refractivity contribution in [1.29, 1.82) is 0 Å². The van der Waals surface area contributed by atoms with Crippen molar-refractivity contribution in [3.05, 3.63) is 70.9 Å². The first-order valence-electron chi connectivity index (χ1n) is 10.5. The van der Waals surface area contributed by atoms with Crippen molar-refractivity contribution in [2.75, 3.05) is 16.4 Å². The molecule has 4 aromatic rings. The average Bonchev–Trinajstić information content (AvgIpc) is 3.39. The molecular formula is C23H19FN6O3S. The molecule has 0 radical (unpaired) electrons. The van der Waals surface area contributed by atoms with E-state index in [-0.39, 0.29) is 35.7 Å². The van der Waals surface area contributed by atoms with Crippen LogP contribution in [0.5, 0.6) is 0 Å². The zero-order valence-corrected chi connectivity index (χ0v) is 18.8. The number of halogens is 1. The van der Waals surface area contributed by atoms with Gasteiger partial charge in [0, 0.05) is 30.5 Å². The highest BCUT2D eigenvalue weighted by atomic mass is 32.2. The standard InChI is InChI=1S/C23H19FN6O3S/c1-13(31)26-15-3-2-4-16(9-15)27-20(32)10-18-12-34-23-28-21-19(22(33)29(18)23)11-25-30(21)17-7-5-14(24)6-8-17/h2-9,11,18H,10,12H2,1H3,(H,26,31)(H,27,32). The fourth-order valence-corrected chi connectivity index (χ4v) is 4.99. The summed E-state index contributed by atoms with van der Waals surface area (Å²) in [5.41, 5.74) is 1.82. The van der Waals surface area contributed by atoms with Gasteiger partial charge < -0.3 is 10.6 Å². The van der Waals surface area contributed by atoms with Gasteiger partial charge in [0.15, 0.2) is 10.8 Å². The molecule has 5 rings (SSSR count). The fourth-order valence-electron chi connectivity index (χ4n) is 3.86. The van der Waals surface area contributed by atoms with Gasteiger partial charge in [0.1, 0.15) is 11.2 Å². The molecule has 1 unspecified atom stereocenters. The van der Waals surface area contributed by atoms with Crippen LogP contribution >= 0.6 is 11.8 Å². The molecule has 2 aromatic carbocycles. The van der Waals surface area contributed by atoms with Crippen molar-refractivity contribution in [1.82, 2.24) is 19.3 Å². The second-order valence-electron chi connectivity index (χ2n) is 7.82. The minimum absolute atomic E-state index is 0.0869. The number of nitrogens with zero attached hydrogens (tertiary/aromatic N) is 4. The summed E-state index contributed by atoms with van der Waals surface area (Å²) in [6.45, 7) is 1.41. The molecule has 1 aliphatic rings. The van der Waals surface area contributed by atoms with Crippen LogP contribution in [0.1, 0.15) is 19.4 Å². The Morgan fingerprint density at radius 1 is 1.15 bits per heavy atom. The van der Waals surface area contributed by atoms with Gasteiger partial charge in [-0.15, -0.1) is 0 Å². The summed E-state index contributed by atoms with van der Waals surface area (Å²) in [7, 11) is 0. The Bertz CT molecular complexity index is 1480. The molecule has 9 nitrogen and oxygen atoms in total. The zero-order valence-electron chi connectivity index (χ0n) is 18.0. The van der Waals surface area contributed by atoms with Gasteiger partial charge >= 0.3 is 0 Å². The lowest BCUT2D eigenvalue weighted by atomic mass is 10.2. The second-order valence-corrected chi connectivity index (χ2v) is 8.81. The summed E-state index contributed by atoms with van der Waals surface area (Å²) in [5.74, 6) is -0.304. The van der Waals surface area contributed by atoms with Gasteiger partial charge in [-0.1, -0.05) is 17.8 Å². The summed E-state index contributed by atoms with van der Waals surface area (Å²) in [4.78, 5) is 41.8. The lowest BCUT2D eigenvalue weighted by Crippen LogP contribution is -2.27. The van der Waals surface area contributed by atoms with E-state index in [1.54, 1.807) is 36.4 Å². The highest BCUT2D eigenvalue weighted by molar-refractivity contribution is 7.99. The van der Waals surface area contributed by atoms with Crippen molar-refractivity contribution < 1.29 is 14.0 Å². The van der Waals surface area contributed by atoms with Crippen LogP contribution in [0.15, 0.2) is 64.7 Å². The minimum atomic E-state index is -0.368. The molecular weight excluding hydrogens is 459 g/mol. The maximum absolute atomic E-state index is 13.3. The number of benzene rings is 2. The van der Waals surface area contributed by atoms with Crippen LogP contribution in [0, 0.1) is 5.82 Å². The van der Waals surface area contributed by atoms with Crippen LogP contribution in [0.2, 0.25) is 0 Å². The summed E-state index contributed by atoms with van der Waals surface area (Å²) in [5, 5.41) is 10.6. The van der Waals surface area contributed by atoms with Crippen LogP contribution < -0.4 is 16.2 Å². The number of hydrogen-bond donors (Lipinski definition) is 2. The molecule has 0 saturated heterocycles. The smallest absolute Gasteiger partial charge is 0.265 e. The number of hydrogen-bond acceptors (Lipinski definition) is 6. The fraction of sp³-hybridized carbons (Fsp3) is 0.174. The lowest BCUT2D eigenvalue weighted by Gasteiger charge is -2.14. The number of anilines is 2. The van der Waals surface area contributed by atoms with Crippen LogP contribution in [-0.2, 0) is 9.59 Å². The predicted molar refractivity (Wildman–Crippen MR) is 127 cm³/mol. The Hall–Kier alpha value is -3.99. The highest BCUT2D eigenvalue weighted by Gasteiger charge is 2.29. The SMILES string of the molecule is CC(=O)Nc1cccc(NC(=O)CC2CSc3nc4c(cnn4-c4ccc(F)cc4)c(=O)n32)c1. The van der Waals surface area contributed by atoms with E-state index in [9.17, 15) is 18.8 Å². The summed E-state index contributed by atoms with van der Waals surface area (Å²) in [6.07, 6.45) is 1.53. The van der Waals surface area contributed by atoms with Crippen LogP contribution in [0.4, 0.5) is 15.8 Å². The molecule has 1 aliphatic heterocycles. The number of carbonyl (C=O) groups excluding carboxylic acids is 2. The number of carbonyl (C=O) groups is 2. The molecule has 11 heteroatoms. The molecule has 2 amide bonds. The lowest BCUT2D eigenvalue weighted by molar-refractivity contribution is -0.117. The van der Waals surface area contributed by atoms with Gasteiger partial charge in [0.2, 0.25) is 11.8 Å². The predicted octanol–water partition coefficient (Wildman–Crippen LogP) is 3.36. The van der Waals surface area contributed by atoms with Crippen molar-refractivity contribution >= 4 is 46.0 Å². The van der Waals surface area contributed by atoms with E-state index >= 15 is 0 Å². The van der Waals surface area contributed by atoms with E-state index in [0.717, 1.165) is 0 Å². The summed E-state index contributed by atoms with van der Waals surface area (Å²) >= 11 is 1.40. The maximum atomic E-state index is 13.3. The van der Waals surface area contributed by atoms with E-state index in [2.05, 4.69) is 20.7 Å². The summed E-state index contributed by atoms with van der Waals surface area (Å²) in [6, 6.07) is 12.2. The van der Waals surface area contributed by atoms with E-state index in [4.69, 9.17) is 0 Å². The normalized spacial score (nSPS) is 14.7. The second kappa shape index (κ2) is 8.75. The van der Waals surface area contributed by atoms with Gasteiger partial charge in [-0.25, -0.2) is 14.1 Å². The quantitative estimate of drug-likeness (QED) is 0.426. The number of aromatic nitrogens is 4. The first-order valence-corrected chi connectivity index (χ1v) is 11.4. The Labute approximate surface area is 197 Å². The third-order valence-electron chi connectivity index (χ3n) is 5.33. The van der Waals surface area contributed by atoms with Crippen molar-refractivity contribution in [3.8, 4) is 5.69 Å². The zero-order chi connectivity index (χ0) is 23.8. The average molecular weight is 479 g/mol. The largest absolute Gasteiger partial charge is 0.326 e. The van der Waals surface area contributed by atoms with Crippen LogP contribution in [0.3, 0.4) is 0 Å². The van der Waals surface area contributed by atoms with Gasteiger partial charge in [-0.3, -0.25) is 19.0 Å². The molecule has 0 aliphatic carbocycles. The van der Waals surface area contributed by atoms with E-state index in [1.807, 2.05) is 0 Å². The van der Waals surface area contributed by atoms with E-state index in [0.29, 0.717) is 39.0 Å². The Balaban J connectivity index is 1.38. The Morgan fingerprint density at radius 2 is 1.88 bits per heavy atom. The molecule has 2 N–H and O–H groups in total. The monoisotopic (exact) mass is 478 g/mol. The molecule has 172 valence electrons. The number of thioether (sulfide) groups is 1. The third-order valence-corrected chi connectivity index (χ3v) is 6.43. The van der Waals surface area contributed by atoms with Crippen LogP contribution in [0.25, 0.3) is 16.7 Å². The van der Waals surface area contributed by atoms with E-state index < -0.39 is 0 Å². The molecule has 0 spiro atoms. The van der Waals surface area contributed by atoms with Gasteiger partial charge in [-0.2, -0.15) is 5.10 Å². The number of nitrogens with one attached hydrogen (secondary N) is 2. The van der Waals surface area contributed by atoms with E-state index in [1.165, 1.54) is 46.3 Å². The molecule has 3 heterocycles. The van der Waals surface area contributed by atoms with Crippen LogP contribution in [-0.4, -0.2) is 36.9 Å². The summed E-state index contributed by atoms with van der Waals surface area (Å²) < 4.78 is 16.3. The number of amides is 2. The number of rotatable bonds is 5. The van der Waals surface area contributed by atoms with Gasteiger partial charge in [0.05, 0.1) is 17.9 Å². The molecule has 0 bridgehead atoms. The van der Waals surface area contributed by atoms with Gasteiger partial charge in [-0.05, 0) is 42.5 Å². The Kier molecular flexibility index (Phi) is 5.62. The van der Waals surface area contributed by atoms with Crippen molar-refractivity contribution in [2.45, 2.75) is 24.5 Å². The Morgan fingerprint density at radius 3 is 2.62 bits per heavy atom. The van der Waals surface area contributed by atoms with Crippen molar-refractivity contribution in [3.63, 3.8) is 0 Å². The number of fused-ring (bicyclic) bond motifs is 2. The van der Waals surface area contributed by atoms with Gasteiger partial charge in [0.25, 0.3) is 5.56 Å².